The number of thiol groups is 2. The van der Waals surface area contributed by atoms with Crippen molar-refractivity contribution in [3.05, 3.63) is 0 Å². The van der Waals surface area contributed by atoms with Gasteiger partial charge in [0.15, 0.2) is 12.5 Å². The van der Waals surface area contributed by atoms with Crippen LogP contribution in [0.5, 0.6) is 0 Å². The second-order valence-electron chi connectivity index (χ2n) is 3.55. The standard InChI is InChI=1S/2C5H9NO3S.OS/c2*1-3(7)6-4(2-10)5(8)9;1-2/h2*4,10H,2H2,1H3,(H,6,7)(H,8,9);/t2*4-;/m00./s1. The zero-order chi connectivity index (χ0) is 18.3. The highest BCUT2D eigenvalue weighted by Gasteiger charge is 2.15. The van der Waals surface area contributed by atoms with Crippen LogP contribution < -0.4 is 10.6 Å². The van der Waals surface area contributed by atoms with E-state index in [2.05, 4.69) is 48.4 Å². The van der Waals surface area contributed by atoms with Crippen molar-refractivity contribution in [2.75, 3.05) is 11.5 Å². The Hall–Kier alpha value is -1.40. The predicted octanol–water partition coefficient (Wildman–Crippen LogP) is -1.33. The lowest BCUT2D eigenvalue weighted by atomic mass is 10.3. The van der Waals surface area contributed by atoms with Gasteiger partial charge in [-0.2, -0.15) is 29.5 Å². The Morgan fingerprint density at radius 1 is 0.864 bits per heavy atom. The van der Waals surface area contributed by atoms with Gasteiger partial charge in [-0.05, 0) is 0 Å². The van der Waals surface area contributed by atoms with Crippen molar-refractivity contribution in [1.82, 2.24) is 10.6 Å². The molecule has 0 spiro atoms. The van der Waals surface area contributed by atoms with Gasteiger partial charge in [-0.15, -0.1) is 0 Å². The van der Waals surface area contributed by atoms with Crippen LogP contribution in [0.25, 0.3) is 0 Å². The van der Waals surface area contributed by atoms with Crippen LogP contribution >= 0.6 is 25.3 Å². The molecule has 0 fully saturated rings. The third-order valence-corrected chi connectivity index (χ3v) is 2.45. The number of carboxylic acids is 2. The topological polar surface area (TPSA) is 150 Å². The summed E-state index contributed by atoms with van der Waals surface area (Å²) in [7, 11) is 0. The summed E-state index contributed by atoms with van der Waals surface area (Å²) in [6, 6.07) is -1.75. The summed E-state index contributed by atoms with van der Waals surface area (Å²) in [5.74, 6) is -2.64. The van der Waals surface area contributed by atoms with E-state index in [0.717, 1.165) is 0 Å². The molecule has 0 bridgehead atoms. The van der Waals surface area contributed by atoms with Gasteiger partial charge in [-0.3, -0.25) is 9.59 Å². The summed E-state index contributed by atoms with van der Waals surface area (Å²) >= 11 is 10.3. The number of carbonyl (C=O) groups excluding carboxylic acids is 2. The van der Waals surface area contributed by atoms with Crippen molar-refractivity contribution >= 4 is 61.5 Å². The molecule has 0 aromatic carbocycles. The van der Waals surface area contributed by atoms with Crippen molar-refractivity contribution in [2.24, 2.45) is 0 Å². The fourth-order valence-corrected chi connectivity index (χ4v) is 1.36. The lowest BCUT2D eigenvalue weighted by Gasteiger charge is -2.08. The van der Waals surface area contributed by atoms with Crippen LogP contribution in [0.4, 0.5) is 0 Å². The molecule has 128 valence electrons. The molecule has 0 saturated heterocycles. The molecule has 0 unspecified atom stereocenters. The maximum absolute atomic E-state index is 10.3. The molecule has 2 amide bonds. The van der Waals surface area contributed by atoms with Crippen molar-refractivity contribution in [3.8, 4) is 0 Å². The molecular formula is C10H18N2O7S3. The molecule has 0 aromatic rings. The summed E-state index contributed by atoms with van der Waals surface area (Å²) in [4.78, 5) is 41.0. The zero-order valence-electron chi connectivity index (χ0n) is 11.8. The van der Waals surface area contributed by atoms with E-state index in [9.17, 15) is 19.2 Å². The SMILES string of the molecule is CC(=O)N[C@@H](CS)C(=O)O.CC(=O)N[C@@H](CS)C(=O)O.O=S. The summed E-state index contributed by atoms with van der Waals surface area (Å²) in [6.45, 7) is 2.53. The minimum Gasteiger partial charge on any atom is -0.480 e. The number of nitrogens with one attached hydrogen (secondary N) is 2. The minimum absolute atomic E-state index is 0.106. The van der Waals surface area contributed by atoms with Gasteiger partial charge in [0.25, 0.3) is 0 Å². The third kappa shape index (κ3) is 16.7. The van der Waals surface area contributed by atoms with Gasteiger partial charge in [0.05, 0.1) is 0 Å². The molecule has 0 heterocycles. The number of rotatable bonds is 6. The molecule has 22 heavy (non-hydrogen) atoms. The van der Waals surface area contributed by atoms with Crippen LogP contribution in [-0.2, 0) is 31.7 Å². The van der Waals surface area contributed by atoms with Crippen LogP contribution in [0, 0.1) is 0 Å². The van der Waals surface area contributed by atoms with Gasteiger partial charge in [-0.1, -0.05) is 0 Å². The molecule has 0 aromatic heterocycles. The normalized spacial score (nSPS) is 11.3. The van der Waals surface area contributed by atoms with Gasteiger partial charge in [-0.25, -0.2) is 9.59 Å². The summed E-state index contributed by atoms with van der Waals surface area (Å²) in [5, 5.41) is 21.1. The Morgan fingerprint density at radius 2 is 1.09 bits per heavy atom. The first-order chi connectivity index (χ1) is 10.1. The monoisotopic (exact) mass is 374 g/mol. The van der Waals surface area contributed by atoms with Crippen LogP contribution in [-0.4, -0.2) is 61.8 Å². The van der Waals surface area contributed by atoms with E-state index in [0.29, 0.717) is 0 Å². The highest BCUT2D eigenvalue weighted by atomic mass is 32.1. The summed E-state index contributed by atoms with van der Waals surface area (Å²) in [5.41, 5.74) is 0. The lowest BCUT2D eigenvalue weighted by molar-refractivity contribution is -0.141. The molecule has 0 aliphatic rings. The van der Waals surface area contributed by atoms with Crippen molar-refractivity contribution < 1.29 is 33.6 Å². The minimum atomic E-state index is -1.06. The van der Waals surface area contributed by atoms with E-state index >= 15 is 0 Å². The number of aliphatic carboxylic acids is 2. The van der Waals surface area contributed by atoms with Gasteiger partial charge in [0.1, 0.15) is 12.1 Å². The zero-order valence-corrected chi connectivity index (χ0v) is 14.4. The van der Waals surface area contributed by atoms with Crippen LogP contribution in [0.2, 0.25) is 0 Å². The van der Waals surface area contributed by atoms with Gasteiger partial charge in [0.2, 0.25) is 11.8 Å². The van der Waals surface area contributed by atoms with Gasteiger partial charge < -0.3 is 20.8 Å². The second kappa shape index (κ2) is 16.0. The molecule has 0 rings (SSSR count). The predicted molar refractivity (Wildman–Crippen MR) is 86.3 cm³/mol. The van der Waals surface area contributed by atoms with E-state index in [4.69, 9.17) is 14.4 Å². The summed E-state index contributed by atoms with van der Waals surface area (Å²) < 4.78 is 7.83. The fourth-order valence-electron chi connectivity index (χ4n) is 0.862. The Labute approximate surface area is 143 Å². The number of carbonyl (C=O) groups is 4. The van der Waals surface area contributed by atoms with Crippen LogP contribution in [0.3, 0.4) is 0 Å². The Balaban J connectivity index is -0.000000294. The third-order valence-electron chi connectivity index (χ3n) is 1.72. The van der Waals surface area contributed by atoms with E-state index in [-0.39, 0.29) is 23.3 Å². The number of hydrogen-bond acceptors (Lipinski definition) is 8. The molecule has 2 atom stereocenters. The molecule has 4 N–H and O–H groups in total. The Morgan fingerprint density at radius 3 is 1.14 bits per heavy atom. The first kappa shape index (κ1) is 25.5. The maximum Gasteiger partial charge on any atom is 0.327 e. The van der Waals surface area contributed by atoms with E-state index in [1.165, 1.54) is 13.8 Å². The first-order valence-electron chi connectivity index (χ1n) is 5.53. The van der Waals surface area contributed by atoms with E-state index < -0.39 is 24.0 Å². The molecule has 0 aliphatic carbocycles. The maximum atomic E-state index is 10.3. The van der Waals surface area contributed by atoms with Gasteiger partial charge >= 0.3 is 11.9 Å². The number of hydrogen-bond donors (Lipinski definition) is 6. The smallest absolute Gasteiger partial charge is 0.327 e. The average Bonchev–Trinajstić information content (AvgIpc) is 2.44. The molecular weight excluding hydrogens is 356 g/mol. The number of amides is 2. The highest BCUT2D eigenvalue weighted by Crippen LogP contribution is 1.87. The second-order valence-corrected chi connectivity index (χ2v) is 4.28. The molecule has 0 radical (unpaired) electrons. The van der Waals surface area contributed by atoms with Gasteiger partial charge in [0, 0.05) is 25.4 Å². The first-order valence-corrected chi connectivity index (χ1v) is 7.13. The molecule has 0 aliphatic heterocycles. The van der Waals surface area contributed by atoms with E-state index in [1.807, 2.05) is 0 Å². The van der Waals surface area contributed by atoms with Crippen molar-refractivity contribution in [3.63, 3.8) is 0 Å². The Kier molecular flexibility index (Phi) is 18.6. The summed E-state index contributed by atoms with van der Waals surface area (Å²) in [6.07, 6.45) is 0. The lowest BCUT2D eigenvalue weighted by Crippen LogP contribution is -2.40. The average molecular weight is 374 g/mol. The van der Waals surface area contributed by atoms with E-state index in [1.54, 1.807) is 0 Å². The fraction of sp³-hybridized carbons (Fsp3) is 0.600. The Bertz CT molecular complexity index is 348. The molecule has 12 heteroatoms. The quantitative estimate of drug-likeness (QED) is 0.313. The van der Waals surface area contributed by atoms with Crippen molar-refractivity contribution in [2.45, 2.75) is 25.9 Å². The highest BCUT2D eigenvalue weighted by molar-refractivity contribution is 7.80. The molecule has 9 nitrogen and oxygen atoms in total. The molecule has 0 saturated carbocycles. The van der Waals surface area contributed by atoms with Crippen LogP contribution in [0.15, 0.2) is 0 Å². The van der Waals surface area contributed by atoms with Crippen LogP contribution in [0.1, 0.15) is 13.8 Å². The van der Waals surface area contributed by atoms with Crippen molar-refractivity contribution in [1.29, 1.82) is 0 Å². The largest absolute Gasteiger partial charge is 0.480 e. The number of carboxylic acid groups (broad SMARTS) is 2.